The van der Waals surface area contributed by atoms with Crippen molar-refractivity contribution in [1.82, 2.24) is 10.6 Å². The van der Waals surface area contributed by atoms with Crippen molar-refractivity contribution in [2.75, 3.05) is 26.4 Å². The third kappa shape index (κ3) is 8.72. The Labute approximate surface area is 152 Å². The topological polar surface area (TPSA) is 103 Å². The van der Waals surface area contributed by atoms with Crippen molar-refractivity contribution in [1.29, 1.82) is 0 Å². The number of carbonyl (C=O) groups is 3. The maximum atomic E-state index is 11.6. The van der Waals surface area contributed by atoms with Gasteiger partial charge < -0.3 is 19.5 Å². The van der Waals surface area contributed by atoms with E-state index in [2.05, 4.69) is 11.9 Å². The van der Waals surface area contributed by atoms with Crippen LogP contribution in [0.2, 0.25) is 0 Å². The summed E-state index contributed by atoms with van der Waals surface area (Å²) in [6.45, 7) is 5.84. The predicted molar refractivity (Wildman–Crippen MR) is 95.0 cm³/mol. The molecule has 2 N–H and O–H groups in total. The van der Waals surface area contributed by atoms with E-state index in [0.29, 0.717) is 31.1 Å². The second-order valence-corrected chi connectivity index (χ2v) is 5.04. The number of carbonyl (C=O) groups excluding carboxylic acids is 3. The van der Waals surface area contributed by atoms with Gasteiger partial charge in [-0.1, -0.05) is 18.2 Å². The lowest BCUT2D eigenvalue weighted by Crippen LogP contribution is -2.41. The first kappa shape index (κ1) is 21.0. The molecule has 0 bridgehead atoms. The predicted octanol–water partition coefficient (Wildman–Crippen LogP) is 1.80. The first-order valence-electron chi connectivity index (χ1n) is 8.25. The molecule has 0 saturated heterocycles. The number of ether oxygens (including phenoxy) is 3. The lowest BCUT2D eigenvalue weighted by molar-refractivity contribution is -0.148. The number of rotatable bonds is 11. The summed E-state index contributed by atoms with van der Waals surface area (Å²) in [6.07, 6.45) is 1.98. The van der Waals surface area contributed by atoms with Crippen LogP contribution < -0.4 is 20.1 Å². The SMILES string of the molecule is C=CCNC(=O)NC(=O)COC(=O)CCCOc1ccccc1OCC. The molecule has 1 rings (SSSR count). The van der Waals surface area contributed by atoms with Crippen LogP contribution in [-0.4, -0.2) is 44.3 Å². The van der Waals surface area contributed by atoms with Crippen molar-refractivity contribution in [2.45, 2.75) is 19.8 Å². The van der Waals surface area contributed by atoms with Crippen molar-refractivity contribution < 1.29 is 28.6 Å². The number of benzene rings is 1. The Morgan fingerprint density at radius 3 is 2.50 bits per heavy atom. The van der Waals surface area contributed by atoms with Gasteiger partial charge in [-0.2, -0.15) is 0 Å². The molecule has 26 heavy (non-hydrogen) atoms. The largest absolute Gasteiger partial charge is 0.490 e. The van der Waals surface area contributed by atoms with Crippen LogP contribution in [0.25, 0.3) is 0 Å². The molecule has 0 aliphatic heterocycles. The molecule has 3 amide bonds. The quantitative estimate of drug-likeness (QED) is 0.353. The minimum Gasteiger partial charge on any atom is -0.490 e. The van der Waals surface area contributed by atoms with Crippen LogP contribution in [0.4, 0.5) is 4.79 Å². The number of amides is 3. The zero-order valence-electron chi connectivity index (χ0n) is 14.8. The number of hydrogen-bond acceptors (Lipinski definition) is 6. The fourth-order valence-electron chi connectivity index (χ4n) is 1.83. The zero-order chi connectivity index (χ0) is 19.2. The Hall–Kier alpha value is -3.03. The molecule has 0 heterocycles. The van der Waals surface area contributed by atoms with Gasteiger partial charge >= 0.3 is 12.0 Å². The van der Waals surface area contributed by atoms with Crippen LogP contribution >= 0.6 is 0 Å². The van der Waals surface area contributed by atoms with Crippen LogP contribution in [0, 0.1) is 0 Å². The number of urea groups is 1. The number of esters is 1. The lowest BCUT2D eigenvalue weighted by Gasteiger charge is -2.11. The highest BCUT2D eigenvalue weighted by Crippen LogP contribution is 2.26. The molecule has 1 aromatic rings. The molecule has 0 aliphatic carbocycles. The number of nitrogens with one attached hydrogen (secondary N) is 2. The Morgan fingerprint density at radius 2 is 1.85 bits per heavy atom. The van der Waals surface area contributed by atoms with E-state index in [1.807, 2.05) is 24.4 Å². The van der Waals surface area contributed by atoms with Crippen LogP contribution in [0.1, 0.15) is 19.8 Å². The third-order valence-electron chi connectivity index (χ3n) is 2.96. The number of hydrogen-bond donors (Lipinski definition) is 2. The van der Waals surface area contributed by atoms with Crippen molar-refractivity contribution in [3.05, 3.63) is 36.9 Å². The molecule has 0 radical (unpaired) electrons. The van der Waals surface area contributed by atoms with Crippen LogP contribution in [0.5, 0.6) is 11.5 Å². The molecular weight excluding hydrogens is 340 g/mol. The molecule has 0 aliphatic rings. The molecular formula is C18H24N2O6. The Bertz CT molecular complexity index is 617. The summed E-state index contributed by atoms with van der Waals surface area (Å²) in [7, 11) is 0. The van der Waals surface area contributed by atoms with Crippen LogP contribution in [-0.2, 0) is 14.3 Å². The molecule has 1 aromatic carbocycles. The fourth-order valence-corrected chi connectivity index (χ4v) is 1.83. The van der Waals surface area contributed by atoms with E-state index in [1.54, 1.807) is 12.1 Å². The van der Waals surface area contributed by atoms with E-state index in [4.69, 9.17) is 14.2 Å². The average molecular weight is 364 g/mol. The Kier molecular flexibility index (Phi) is 9.98. The van der Waals surface area contributed by atoms with Crippen molar-refractivity contribution in [2.24, 2.45) is 0 Å². The maximum Gasteiger partial charge on any atom is 0.321 e. The summed E-state index contributed by atoms with van der Waals surface area (Å²) < 4.78 is 15.8. The summed E-state index contributed by atoms with van der Waals surface area (Å²) >= 11 is 0. The van der Waals surface area contributed by atoms with Gasteiger partial charge in [0.05, 0.1) is 13.2 Å². The molecule has 0 spiro atoms. The van der Waals surface area contributed by atoms with Crippen molar-refractivity contribution in [3.8, 4) is 11.5 Å². The molecule has 0 fully saturated rings. The highest BCUT2D eigenvalue weighted by molar-refractivity contribution is 5.95. The van der Waals surface area contributed by atoms with Gasteiger partial charge in [0.25, 0.3) is 5.91 Å². The molecule has 8 heteroatoms. The summed E-state index contributed by atoms with van der Waals surface area (Å²) in [5.74, 6) is -0.00763. The Morgan fingerprint density at radius 1 is 1.15 bits per heavy atom. The van der Waals surface area contributed by atoms with Gasteiger partial charge in [0, 0.05) is 13.0 Å². The van der Waals surface area contributed by atoms with E-state index in [1.165, 1.54) is 6.08 Å². The van der Waals surface area contributed by atoms with Gasteiger partial charge in [0.2, 0.25) is 0 Å². The first-order chi connectivity index (χ1) is 12.6. The van der Waals surface area contributed by atoms with Gasteiger partial charge in [-0.3, -0.25) is 14.9 Å². The molecule has 142 valence electrons. The summed E-state index contributed by atoms with van der Waals surface area (Å²) in [5.41, 5.74) is 0. The van der Waals surface area contributed by atoms with Gasteiger partial charge in [-0.25, -0.2) is 4.79 Å². The van der Waals surface area contributed by atoms with E-state index >= 15 is 0 Å². The standard InChI is InChI=1S/C18H24N2O6/c1-3-11-19-18(23)20-16(21)13-26-17(22)10-7-12-25-15-9-6-5-8-14(15)24-4-2/h3,5-6,8-9H,1,4,7,10-13H2,2H3,(H2,19,20,21,23). The highest BCUT2D eigenvalue weighted by Gasteiger charge is 2.10. The molecule has 8 nitrogen and oxygen atoms in total. The number of imide groups is 1. The minimum atomic E-state index is -0.707. The molecule has 0 atom stereocenters. The third-order valence-corrected chi connectivity index (χ3v) is 2.96. The van der Waals surface area contributed by atoms with Gasteiger partial charge in [-0.15, -0.1) is 6.58 Å². The first-order valence-corrected chi connectivity index (χ1v) is 8.25. The molecule has 0 aromatic heterocycles. The van der Waals surface area contributed by atoms with Crippen molar-refractivity contribution >= 4 is 17.9 Å². The van der Waals surface area contributed by atoms with E-state index in [0.717, 1.165) is 0 Å². The monoisotopic (exact) mass is 364 g/mol. The molecule has 0 saturated carbocycles. The fraction of sp³-hybridized carbons (Fsp3) is 0.389. The zero-order valence-corrected chi connectivity index (χ0v) is 14.8. The van der Waals surface area contributed by atoms with E-state index in [-0.39, 0.29) is 13.0 Å². The van der Waals surface area contributed by atoms with E-state index < -0.39 is 24.5 Å². The van der Waals surface area contributed by atoms with Crippen LogP contribution in [0.15, 0.2) is 36.9 Å². The van der Waals surface area contributed by atoms with Gasteiger partial charge in [-0.05, 0) is 25.5 Å². The Balaban J connectivity index is 2.20. The average Bonchev–Trinajstić information content (AvgIpc) is 2.63. The van der Waals surface area contributed by atoms with Crippen LogP contribution in [0.3, 0.4) is 0 Å². The normalized spacial score (nSPS) is 9.73. The number of para-hydroxylation sites is 2. The smallest absolute Gasteiger partial charge is 0.321 e. The lowest BCUT2D eigenvalue weighted by atomic mass is 10.3. The van der Waals surface area contributed by atoms with Gasteiger partial charge in [0.15, 0.2) is 18.1 Å². The second-order valence-electron chi connectivity index (χ2n) is 5.04. The second kappa shape index (κ2) is 12.3. The summed E-state index contributed by atoms with van der Waals surface area (Å²) in [4.78, 5) is 34.2. The minimum absolute atomic E-state index is 0.0900. The molecule has 0 unspecified atom stereocenters. The maximum absolute atomic E-state index is 11.6. The van der Waals surface area contributed by atoms with Gasteiger partial charge in [0.1, 0.15) is 0 Å². The van der Waals surface area contributed by atoms with E-state index in [9.17, 15) is 14.4 Å². The van der Waals surface area contributed by atoms with Crippen molar-refractivity contribution in [3.63, 3.8) is 0 Å². The summed E-state index contributed by atoms with van der Waals surface area (Å²) in [5, 5.41) is 4.39. The highest BCUT2D eigenvalue weighted by atomic mass is 16.5. The summed E-state index contributed by atoms with van der Waals surface area (Å²) in [6, 6.07) is 6.59.